The first-order chi connectivity index (χ1) is 16.2. The fourth-order valence-electron chi connectivity index (χ4n) is 3.74. The second kappa shape index (κ2) is 8.70. The molecule has 9 nitrogen and oxygen atoms in total. The van der Waals surface area contributed by atoms with E-state index in [9.17, 15) is 29.3 Å². The predicted molar refractivity (Wildman–Crippen MR) is 121 cm³/mol. The molecule has 9 heteroatoms. The lowest BCUT2D eigenvalue weighted by Crippen LogP contribution is -2.56. The van der Waals surface area contributed by atoms with E-state index < -0.39 is 34.5 Å². The van der Waals surface area contributed by atoms with Gasteiger partial charge in [0.05, 0.1) is 16.1 Å². The van der Waals surface area contributed by atoms with Gasteiger partial charge in [0, 0.05) is 23.3 Å². The zero-order valence-corrected chi connectivity index (χ0v) is 18.3. The van der Waals surface area contributed by atoms with E-state index in [1.165, 1.54) is 31.2 Å². The van der Waals surface area contributed by atoms with Crippen LogP contribution in [0.5, 0.6) is 0 Å². The van der Waals surface area contributed by atoms with Crippen molar-refractivity contribution in [3.05, 3.63) is 111 Å². The number of hydrogen-bond acceptors (Lipinski definition) is 6. The topological polar surface area (TPSA) is 118 Å². The van der Waals surface area contributed by atoms with Crippen molar-refractivity contribution in [3.63, 3.8) is 0 Å². The highest BCUT2D eigenvalue weighted by atomic mass is 16.6. The summed E-state index contributed by atoms with van der Waals surface area (Å²) in [5, 5.41) is 12.5. The number of rotatable bonds is 6. The molecule has 0 fully saturated rings. The van der Waals surface area contributed by atoms with E-state index in [1.54, 1.807) is 36.4 Å². The second-order valence-electron chi connectivity index (χ2n) is 7.83. The number of Topliss-reactive ketones (excluding diaryl/α,β-unsaturated/α-hetero) is 1. The van der Waals surface area contributed by atoms with Crippen molar-refractivity contribution < 1.29 is 24.1 Å². The van der Waals surface area contributed by atoms with E-state index in [0.29, 0.717) is 10.6 Å². The van der Waals surface area contributed by atoms with Crippen LogP contribution < -0.4 is 0 Å². The number of aryl methyl sites for hydroxylation is 1. The number of hydrogen-bond donors (Lipinski definition) is 0. The minimum atomic E-state index is -1.23. The molecule has 1 atom stereocenters. The molecule has 0 N–H and O–H groups in total. The third-order valence-electron chi connectivity index (χ3n) is 5.60. The van der Waals surface area contributed by atoms with Crippen molar-refractivity contribution in [1.29, 1.82) is 0 Å². The van der Waals surface area contributed by atoms with Crippen molar-refractivity contribution in [2.75, 3.05) is 0 Å². The number of carbonyl (C=O) groups excluding carboxylic acids is 4. The smallest absolute Gasteiger partial charge is 0.280 e. The summed E-state index contributed by atoms with van der Waals surface area (Å²) in [7, 11) is 0. The molecular formula is C25H19N3O6. The van der Waals surface area contributed by atoms with E-state index in [4.69, 9.17) is 0 Å². The van der Waals surface area contributed by atoms with Gasteiger partial charge in [-0.3, -0.25) is 29.3 Å². The molecule has 0 bridgehead atoms. The third-order valence-corrected chi connectivity index (χ3v) is 5.60. The van der Waals surface area contributed by atoms with Gasteiger partial charge in [-0.25, -0.2) is 5.01 Å². The number of amides is 3. The first-order valence-electron chi connectivity index (χ1n) is 10.4. The molecule has 3 aromatic carbocycles. The van der Waals surface area contributed by atoms with E-state index in [0.717, 1.165) is 22.7 Å². The van der Waals surface area contributed by atoms with Crippen LogP contribution >= 0.6 is 0 Å². The number of imide groups is 1. The quantitative estimate of drug-likeness (QED) is 0.240. The highest BCUT2D eigenvalue weighted by Gasteiger charge is 2.44. The van der Waals surface area contributed by atoms with Crippen molar-refractivity contribution in [2.24, 2.45) is 0 Å². The standard InChI is InChI=1S/C25H19N3O6/c1-15-7-9-17(10-8-15)22(29)16(2)26(23(30)18-11-13-19(14-12-18)28(33)34)27-24(31)20-5-3-4-6-21(20)25(27)32/h3-14,16H,1-2H3/t16-/m0/s1. The molecular weight excluding hydrogens is 438 g/mol. The molecule has 0 radical (unpaired) electrons. The van der Waals surface area contributed by atoms with Crippen molar-refractivity contribution in [3.8, 4) is 0 Å². The Morgan fingerprint density at radius 1 is 0.853 bits per heavy atom. The molecule has 0 saturated heterocycles. The molecule has 0 unspecified atom stereocenters. The summed E-state index contributed by atoms with van der Waals surface area (Å²) < 4.78 is 0. The van der Waals surface area contributed by atoms with Crippen LogP contribution in [0.3, 0.4) is 0 Å². The zero-order valence-electron chi connectivity index (χ0n) is 18.3. The van der Waals surface area contributed by atoms with Gasteiger partial charge in [-0.2, -0.15) is 5.01 Å². The van der Waals surface area contributed by atoms with Crippen molar-refractivity contribution in [1.82, 2.24) is 10.0 Å². The molecule has 1 aliphatic rings. The van der Waals surface area contributed by atoms with Gasteiger partial charge in [0.15, 0.2) is 5.78 Å². The predicted octanol–water partition coefficient (Wildman–Crippen LogP) is 3.83. The molecule has 0 spiro atoms. The van der Waals surface area contributed by atoms with Crippen LogP contribution in [0.25, 0.3) is 0 Å². The molecule has 0 aromatic heterocycles. The number of nitro benzene ring substituents is 1. The first kappa shape index (κ1) is 22.5. The Bertz CT molecular complexity index is 1300. The maximum Gasteiger partial charge on any atom is 0.280 e. The third kappa shape index (κ3) is 3.83. The highest BCUT2D eigenvalue weighted by Crippen LogP contribution is 2.28. The normalized spacial score (nSPS) is 13.4. The Labute approximate surface area is 194 Å². The Morgan fingerprint density at radius 2 is 1.35 bits per heavy atom. The van der Waals surface area contributed by atoms with E-state index in [-0.39, 0.29) is 22.4 Å². The molecule has 170 valence electrons. The lowest BCUT2D eigenvalue weighted by molar-refractivity contribution is -0.384. The SMILES string of the molecule is Cc1ccc(C(=O)[C@H](C)N(C(=O)c2ccc([N+](=O)[O-])cc2)N2C(=O)c3ccccc3C2=O)cc1. The van der Waals surface area contributed by atoms with Gasteiger partial charge < -0.3 is 0 Å². The average Bonchev–Trinajstić information content (AvgIpc) is 3.09. The van der Waals surface area contributed by atoms with Crippen LogP contribution in [0.2, 0.25) is 0 Å². The largest absolute Gasteiger partial charge is 0.292 e. The Balaban J connectivity index is 1.78. The van der Waals surface area contributed by atoms with Crippen LogP contribution in [-0.2, 0) is 0 Å². The summed E-state index contributed by atoms with van der Waals surface area (Å²) in [6, 6.07) is 16.3. The van der Waals surface area contributed by atoms with Gasteiger partial charge in [0.2, 0.25) is 0 Å². The van der Waals surface area contributed by atoms with Crippen molar-refractivity contribution in [2.45, 2.75) is 19.9 Å². The summed E-state index contributed by atoms with van der Waals surface area (Å²) in [6.07, 6.45) is 0. The van der Waals surface area contributed by atoms with Gasteiger partial charge in [0.25, 0.3) is 23.4 Å². The van der Waals surface area contributed by atoms with Gasteiger partial charge in [-0.05, 0) is 38.1 Å². The van der Waals surface area contributed by atoms with Gasteiger partial charge in [0.1, 0.15) is 6.04 Å². The number of hydrazine groups is 1. The molecule has 0 aliphatic carbocycles. The number of nitrogens with zero attached hydrogens (tertiary/aromatic N) is 3. The van der Waals surface area contributed by atoms with E-state index in [2.05, 4.69) is 0 Å². The summed E-state index contributed by atoms with van der Waals surface area (Å²) in [5.74, 6) is -2.77. The number of fused-ring (bicyclic) bond motifs is 1. The number of non-ortho nitro benzene ring substituents is 1. The minimum Gasteiger partial charge on any atom is -0.292 e. The minimum absolute atomic E-state index is 0.0225. The number of nitro groups is 1. The van der Waals surface area contributed by atoms with Crippen molar-refractivity contribution >= 4 is 29.2 Å². The van der Waals surface area contributed by atoms with Gasteiger partial charge in [-0.1, -0.05) is 42.0 Å². The van der Waals surface area contributed by atoms with Crippen LogP contribution in [0.1, 0.15) is 53.9 Å². The lowest BCUT2D eigenvalue weighted by Gasteiger charge is -2.34. The summed E-state index contributed by atoms with van der Waals surface area (Å²) in [4.78, 5) is 63.5. The Morgan fingerprint density at radius 3 is 1.85 bits per heavy atom. The Hall–Kier alpha value is -4.66. The monoisotopic (exact) mass is 457 g/mol. The highest BCUT2D eigenvalue weighted by molar-refractivity contribution is 6.22. The zero-order chi connectivity index (χ0) is 24.6. The summed E-state index contributed by atoms with van der Waals surface area (Å²) >= 11 is 0. The number of benzene rings is 3. The Kier molecular flexibility index (Phi) is 5.77. The maximum atomic E-state index is 13.5. The summed E-state index contributed by atoms with van der Waals surface area (Å²) in [6.45, 7) is 3.29. The molecule has 4 rings (SSSR count). The fraction of sp³-hybridized carbons (Fsp3) is 0.120. The maximum absolute atomic E-state index is 13.5. The van der Waals surface area contributed by atoms with Crippen LogP contribution in [0.4, 0.5) is 5.69 Å². The average molecular weight is 457 g/mol. The van der Waals surface area contributed by atoms with E-state index >= 15 is 0 Å². The molecule has 34 heavy (non-hydrogen) atoms. The van der Waals surface area contributed by atoms with Gasteiger partial charge >= 0.3 is 0 Å². The molecule has 3 amide bonds. The van der Waals surface area contributed by atoms with E-state index in [1.807, 2.05) is 6.92 Å². The molecule has 1 heterocycles. The molecule has 3 aromatic rings. The number of carbonyl (C=O) groups is 4. The molecule has 0 saturated carbocycles. The fourth-order valence-corrected chi connectivity index (χ4v) is 3.74. The first-order valence-corrected chi connectivity index (χ1v) is 10.4. The number of ketones is 1. The van der Waals surface area contributed by atoms with Crippen LogP contribution in [-0.4, -0.2) is 44.5 Å². The second-order valence-corrected chi connectivity index (χ2v) is 7.83. The summed E-state index contributed by atoms with van der Waals surface area (Å²) in [5.41, 5.74) is 1.21. The lowest BCUT2D eigenvalue weighted by atomic mass is 10.0. The molecule has 1 aliphatic heterocycles. The van der Waals surface area contributed by atoms with Crippen LogP contribution in [0, 0.1) is 17.0 Å². The van der Waals surface area contributed by atoms with Crippen LogP contribution in [0.15, 0.2) is 72.8 Å². The van der Waals surface area contributed by atoms with Gasteiger partial charge in [-0.15, -0.1) is 0 Å².